The summed E-state index contributed by atoms with van der Waals surface area (Å²) >= 11 is 0. The molecule has 0 aliphatic carbocycles. The summed E-state index contributed by atoms with van der Waals surface area (Å²) in [5.74, 6) is 0.972. The largest absolute Gasteiger partial charge is 0.470 e. The quantitative estimate of drug-likeness (QED) is 0.759. The van der Waals surface area contributed by atoms with E-state index in [0.717, 1.165) is 17.9 Å². The Morgan fingerprint density at radius 2 is 1.70 bits per heavy atom. The highest BCUT2D eigenvalue weighted by Gasteiger charge is 2.17. The molecular weight excluding hydrogens is 282 g/mol. The lowest BCUT2D eigenvalue weighted by Gasteiger charge is -2.24. The molecule has 1 aliphatic heterocycles. The summed E-state index contributed by atoms with van der Waals surface area (Å²) in [6.07, 6.45) is 4.13. The molecule has 0 fully saturated rings. The minimum absolute atomic E-state index is 0.103. The highest BCUT2D eigenvalue weighted by molar-refractivity contribution is 5.94. The molecule has 0 saturated heterocycles. The van der Waals surface area contributed by atoms with E-state index in [1.54, 1.807) is 0 Å². The summed E-state index contributed by atoms with van der Waals surface area (Å²) in [5.41, 5.74) is 3.69. The van der Waals surface area contributed by atoms with Crippen molar-refractivity contribution in [3.8, 4) is 5.75 Å². The van der Waals surface area contributed by atoms with E-state index in [9.17, 15) is 0 Å². The molecule has 0 spiro atoms. The Kier molecular flexibility index (Phi) is 3.60. The van der Waals surface area contributed by atoms with E-state index in [4.69, 9.17) is 4.74 Å². The Morgan fingerprint density at radius 3 is 2.52 bits per heavy atom. The van der Waals surface area contributed by atoms with Gasteiger partial charge in [-0.25, -0.2) is 0 Å². The lowest BCUT2D eigenvalue weighted by Crippen LogP contribution is -2.33. The zero-order valence-corrected chi connectivity index (χ0v) is 13.1. The number of rotatable bonds is 3. The SMILES string of the molecule is Cc1cc2c(c3ccccc13)OC(NCc1ccccc1)C=C2. The van der Waals surface area contributed by atoms with E-state index < -0.39 is 0 Å². The van der Waals surface area contributed by atoms with Crippen molar-refractivity contribution in [2.24, 2.45) is 0 Å². The van der Waals surface area contributed by atoms with Crippen LogP contribution in [0.4, 0.5) is 0 Å². The smallest absolute Gasteiger partial charge is 0.170 e. The summed E-state index contributed by atoms with van der Waals surface area (Å²) < 4.78 is 6.22. The van der Waals surface area contributed by atoms with Crippen LogP contribution < -0.4 is 10.1 Å². The van der Waals surface area contributed by atoms with Crippen LogP contribution in [0.25, 0.3) is 16.8 Å². The fourth-order valence-electron chi connectivity index (χ4n) is 3.09. The summed E-state index contributed by atoms with van der Waals surface area (Å²) in [6.45, 7) is 2.94. The first kappa shape index (κ1) is 14.0. The number of aryl methyl sites for hydroxylation is 1. The molecule has 1 unspecified atom stereocenters. The van der Waals surface area contributed by atoms with Gasteiger partial charge < -0.3 is 4.74 Å². The molecule has 0 aromatic heterocycles. The molecule has 1 N–H and O–H groups in total. The van der Waals surface area contributed by atoms with Gasteiger partial charge in [-0.15, -0.1) is 0 Å². The van der Waals surface area contributed by atoms with Crippen LogP contribution >= 0.6 is 0 Å². The molecule has 3 aromatic rings. The van der Waals surface area contributed by atoms with Crippen LogP contribution in [0.1, 0.15) is 16.7 Å². The molecule has 1 heterocycles. The third-order valence-electron chi connectivity index (χ3n) is 4.28. The molecule has 2 nitrogen and oxygen atoms in total. The number of benzene rings is 3. The lowest BCUT2D eigenvalue weighted by atomic mass is 9.99. The van der Waals surface area contributed by atoms with Crippen LogP contribution in [0, 0.1) is 6.92 Å². The Morgan fingerprint density at radius 1 is 0.957 bits per heavy atom. The van der Waals surface area contributed by atoms with E-state index in [0.29, 0.717) is 0 Å². The van der Waals surface area contributed by atoms with Crippen molar-refractivity contribution < 1.29 is 4.74 Å². The van der Waals surface area contributed by atoms with E-state index in [2.05, 4.69) is 79.0 Å². The fraction of sp³-hybridized carbons (Fsp3) is 0.143. The minimum atomic E-state index is -0.103. The van der Waals surface area contributed by atoms with Crippen molar-refractivity contribution in [1.29, 1.82) is 0 Å². The summed E-state index contributed by atoms with van der Waals surface area (Å²) in [5, 5.41) is 5.88. The first-order valence-electron chi connectivity index (χ1n) is 7.96. The first-order chi connectivity index (χ1) is 11.3. The monoisotopic (exact) mass is 301 g/mol. The van der Waals surface area contributed by atoms with E-state index >= 15 is 0 Å². The van der Waals surface area contributed by atoms with Crippen LogP contribution in [0.3, 0.4) is 0 Å². The van der Waals surface area contributed by atoms with Crippen LogP contribution in [-0.4, -0.2) is 6.23 Å². The van der Waals surface area contributed by atoms with Gasteiger partial charge in [0.15, 0.2) is 6.23 Å². The molecule has 23 heavy (non-hydrogen) atoms. The van der Waals surface area contributed by atoms with Crippen molar-refractivity contribution in [2.45, 2.75) is 19.7 Å². The molecule has 0 saturated carbocycles. The van der Waals surface area contributed by atoms with Crippen molar-refractivity contribution >= 4 is 16.8 Å². The number of fused-ring (bicyclic) bond motifs is 3. The molecular formula is C21H19NO. The van der Waals surface area contributed by atoms with Gasteiger partial charge in [-0.1, -0.05) is 60.7 Å². The fourth-order valence-corrected chi connectivity index (χ4v) is 3.09. The van der Waals surface area contributed by atoms with Crippen molar-refractivity contribution in [2.75, 3.05) is 0 Å². The second kappa shape index (κ2) is 5.90. The average Bonchev–Trinajstić information content (AvgIpc) is 2.61. The lowest BCUT2D eigenvalue weighted by molar-refractivity contribution is 0.208. The molecule has 4 rings (SSSR count). The Hall–Kier alpha value is -2.58. The van der Waals surface area contributed by atoms with E-state index in [-0.39, 0.29) is 6.23 Å². The van der Waals surface area contributed by atoms with Gasteiger partial charge >= 0.3 is 0 Å². The molecule has 2 heteroatoms. The van der Waals surface area contributed by atoms with Crippen molar-refractivity contribution in [1.82, 2.24) is 5.32 Å². The van der Waals surface area contributed by atoms with Crippen LogP contribution in [-0.2, 0) is 6.54 Å². The highest BCUT2D eigenvalue weighted by atomic mass is 16.5. The van der Waals surface area contributed by atoms with Gasteiger partial charge in [0.25, 0.3) is 0 Å². The summed E-state index contributed by atoms with van der Waals surface area (Å²) in [7, 11) is 0. The predicted molar refractivity (Wildman–Crippen MR) is 95.4 cm³/mol. The Bertz CT molecular complexity index is 868. The molecule has 1 atom stereocenters. The summed E-state index contributed by atoms with van der Waals surface area (Å²) in [4.78, 5) is 0. The zero-order chi connectivity index (χ0) is 15.6. The number of hydrogen-bond acceptors (Lipinski definition) is 2. The Labute approximate surface area is 136 Å². The second-order valence-electron chi connectivity index (χ2n) is 5.92. The third-order valence-corrected chi connectivity index (χ3v) is 4.28. The molecule has 0 bridgehead atoms. The van der Waals surface area contributed by atoms with Crippen molar-refractivity contribution in [3.05, 3.63) is 83.4 Å². The molecule has 0 radical (unpaired) electrons. The van der Waals surface area contributed by atoms with Gasteiger partial charge in [0, 0.05) is 17.5 Å². The van der Waals surface area contributed by atoms with Gasteiger partial charge in [0.2, 0.25) is 0 Å². The molecule has 1 aliphatic rings. The van der Waals surface area contributed by atoms with Gasteiger partial charge in [-0.2, -0.15) is 0 Å². The summed E-state index contributed by atoms with van der Waals surface area (Å²) in [6, 6.07) is 21.0. The Balaban J connectivity index is 1.61. The molecule has 0 amide bonds. The van der Waals surface area contributed by atoms with Gasteiger partial charge in [-0.05, 0) is 35.6 Å². The maximum absolute atomic E-state index is 6.22. The average molecular weight is 301 g/mol. The third kappa shape index (κ3) is 2.73. The first-order valence-corrected chi connectivity index (χ1v) is 7.96. The number of nitrogens with one attached hydrogen (secondary N) is 1. The number of hydrogen-bond donors (Lipinski definition) is 1. The number of ether oxygens (including phenoxy) is 1. The zero-order valence-electron chi connectivity index (χ0n) is 13.1. The second-order valence-corrected chi connectivity index (χ2v) is 5.92. The predicted octanol–water partition coefficient (Wildman–Crippen LogP) is 4.67. The van der Waals surface area contributed by atoms with Crippen LogP contribution in [0.15, 0.2) is 66.7 Å². The van der Waals surface area contributed by atoms with Gasteiger partial charge in [0.05, 0.1) is 0 Å². The van der Waals surface area contributed by atoms with Gasteiger partial charge in [-0.3, -0.25) is 5.32 Å². The maximum Gasteiger partial charge on any atom is 0.170 e. The highest BCUT2D eigenvalue weighted by Crippen LogP contribution is 2.35. The van der Waals surface area contributed by atoms with Crippen LogP contribution in [0.5, 0.6) is 5.75 Å². The molecule has 114 valence electrons. The normalized spacial score (nSPS) is 16.1. The van der Waals surface area contributed by atoms with Crippen molar-refractivity contribution in [3.63, 3.8) is 0 Å². The standard InChI is InChI=1S/C21H19NO/c1-15-13-17-11-12-20(22-14-16-7-3-2-4-8-16)23-21(17)19-10-6-5-9-18(15)19/h2-13,20,22H,14H2,1H3. The van der Waals surface area contributed by atoms with E-state index in [1.165, 1.54) is 21.9 Å². The molecule has 3 aromatic carbocycles. The topological polar surface area (TPSA) is 21.3 Å². The van der Waals surface area contributed by atoms with E-state index in [1.807, 2.05) is 6.07 Å². The van der Waals surface area contributed by atoms with Crippen LogP contribution in [0.2, 0.25) is 0 Å². The minimum Gasteiger partial charge on any atom is -0.470 e. The van der Waals surface area contributed by atoms with Gasteiger partial charge in [0.1, 0.15) is 5.75 Å². The maximum atomic E-state index is 6.22.